The average molecular weight is 373 g/mol. The van der Waals surface area contributed by atoms with Gasteiger partial charge in [0.1, 0.15) is 18.1 Å². The number of nitrogens with one attached hydrogen (secondary N) is 1. The number of halogens is 1. The summed E-state index contributed by atoms with van der Waals surface area (Å²) in [7, 11) is 0. The van der Waals surface area contributed by atoms with Crippen LogP contribution in [0.1, 0.15) is 11.5 Å². The molecule has 26 heavy (non-hydrogen) atoms. The van der Waals surface area contributed by atoms with Gasteiger partial charge in [0.25, 0.3) is 10.7 Å². The molecule has 1 aromatic heterocycles. The van der Waals surface area contributed by atoms with Crippen molar-refractivity contribution in [3.05, 3.63) is 70.6 Å². The minimum absolute atomic E-state index is 0.0714. The summed E-state index contributed by atoms with van der Waals surface area (Å²) in [5, 5.41) is 6.78. The van der Waals surface area contributed by atoms with Gasteiger partial charge >= 0.3 is 0 Å². The molecule has 1 amide bonds. The highest BCUT2D eigenvalue weighted by Gasteiger charge is 2.11. The smallest absolute Gasteiger partial charge is 0.287 e. The van der Waals surface area contributed by atoms with Crippen LogP contribution in [-0.2, 0) is 17.9 Å². The number of rotatable bonds is 6. The third kappa shape index (κ3) is 4.76. The number of benzene rings is 2. The molecular weight excluding hydrogens is 357 g/mol. The van der Waals surface area contributed by atoms with Crippen LogP contribution >= 0.6 is 12.2 Å². The number of nitrogens with zero attached hydrogens (tertiary/aromatic N) is 2. The molecule has 3 rings (SSSR count). The second kappa shape index (κ2) is 7.92. The third-order valence-corrected chi connectivity index (χ3v) is 3.72. The van der Waals surface area contributed by atoms with Crippen LogP contribution in [0.3, 0.4) is 0 Å². The highest BCUT2D eigenvalue weighted by atomic mass is 32.1. The molecule has 0 spiro atoms. The minimum Gasteiger partial charge on any atom is -0.484 e. The van der Waals surface area contributed by atoms with Crippen molar-refractivity contribution < 1.29 is 18.3 Å². The predicted molar refractivity (Wildman–Crippen MR) is 95.9 cm³/mol. The molecule has 134 valence electrons. The zero-order valence-electron chi connectivity index (χ0n) is 13.9. The maximum Gasteiger partial charge on any atom is 0.287 e. The Hall–Kier alpha value is -3.00. The van der Waals surface area contributed by atoms with E-state index < -0.39 is 0 Å². The summed E-state index contributed by atoms with van der Waals surface area (Å²) < 4.78 is 25.1. The molecule has 1 N–H and O–H groups in total. The Labute approximate surface area is 154 Å². The number of hydrogen-bond donors (Lipinski definition) is 1. The fraction of sp³-hybridized carbons (Fsp3) is 0.167. The average Bonchev–Trinajstić information content (AvgIpc) is 2.95. The predicted octanol–water partition coefficient (Wildman–Crippen LogP) is 3.87. The van der Waals surface area contributed by atoms with Gasteiger partial charge in [0.05, 0.1) is 0 Å². The Bertz CT molecular complexity index is 966. The molecule has 0 saturated heterocycles. The zero-order chi connectivity index (χ0) is 18.5. The van der Waals surface area contributed by atoms with E-state index in [2.05, 4.69) is 10.4 Å². The molecule has 1 heterocycles. The lowest BCUT2D eigenvalue weighted by Crippen LogP contribution is -2.19. The number of hydrogen-bond acceptors (Lipinski definition) is 5. The van der Waals surface area contributed by atoms with Crippen molar-refractivity contribution in [3.63, 3.8) is 0 Å². The van der Waals surface area contributed by atoms with Crippen LogP contribution in [0.2, 0.25) is 0 Å². The van der Waals surface area contributed by atoms with E-state index in [1.165, 1.54) is 28.9 Å². The monoisotopic (exact) mass is 373 g/mol. The molecule has 0 unspecified atom stereocenters. The van der Waals surface area contributed by atoms with Crippen molar-refractivity contribution in [2.75, 3.05) is 5.32 Å². The van der Waals surface area contributed by atoms with Gasteiger partial charge in [-0.2, -0.15) is 0 Å². The Kier molecular flexibility index (Phi) is 5.43. The van der Waals surface area contributed by atoms with E-state index in [-0.39, 0.29) is 35.6 Å². The molecule has 0 bridgehead atoms. The summed E-state index contributed by atoms with van der Waals surface area (Å²) in [5.41, 5.74) is 1.56. The Morgan fingerprint density at radius 3 is 2.81 bits per heavy atom. The standard InChI is InChI=1S/C18H16FN3O3S/c1-12-3-2-4-15(9-12)24-11-17-21-22(18(26)25-17)10-16(23)20-14-7-5-13(19)6-8-14/h2-9H,10-11H2,1H3,(H,20,23). The van der Waals surface area contributed by atoms with E-state index in [0.717, 1.165) is 5.56 Å². The second-order valence-corrected chi connectivity index (χ2v) is 5.93. The second-order valence-electron chi connectivity index (χ2n) is 5.58. The van der Waals surface area contributed by atoms with Crippen molar-refractivity contribution >= 4 is 23.8 Å². The highest BCUT2D eigenvalue weighted by Crippen LogP contribution is 2.14. The summed E-state index contributed by atoms with van der Waals surface area (Å²) in [6.45, 7) is 1.94. The van der Waals surface area contributed by atoms with E-state index in [0.29, 0.717) is 11.4 Å². The Morgan fingerprint density at radius 2 is 2.08 bits per heavy atom. The first kappa shape index (κ1) is 17.8. The van der Waals surface area contributed by atoms with Crippen LogP contribution in [0.5, 0.6) is 5.75 Å². The first-order valence-corrected chi connectivity index (χ1v) is 8.22. The maximum absolute atomic E-state index is 12.9. The summed E-state index contributed by atoms with van der Waals surface area (Å²) in [6.07, 6.45) is 0. The number of anilines is 1. The van der Waals surface area contributed by atoms with E-state index in [1.807, 2.05) is 31.2 Å². The first-order valence-electron chi connectivity index (χ1n) is 7.81. The summed E-state index contributed by atoms with van der Waals surface area (Å²) in [6, 6.07) is 13.0. The summed E-state index contributed by atoms with van der Waals surface area (Å²) in [4.78, 5) is 12.1. The normalized spacial score (nSPS) is 10.5. The molecule has 3 aromatic rings. The Morgan fingerprint density at radius 1 is 1.31 bits per heavy atom. The molecule has 0 atom stereocenters. The van der Waals surface area contributed by atoms with Gasteiger partial charge in [-0.05, 0) is 61.1 Å². The van der Waals surface area contributed by atoms with E-state index in [1.54, 1.807) is 0 Å². The topological polar surface area (TPSA) is 69.3 Å². The fourth-order valence-electron chi connectivity index (χ4n) is 2.23. The van der Waals surface area contributed by atoms with Gasteiger partial charge in [0.15, 0.2) is 6.61 Å². The van der Waals surface area contributed by atoms with Gasteiger partial charge in [-0.3, -0.25) is 4.79 Å². The van der Waals surface area contributed by atoms with E-state index >= 15 is 0 Å². The SMILES string of the molecule is Cc1cccc(OCc2nn(CC(=O)Nc3ccc(F)cc3)c(=S)o2)c1. The van der Waals surface area contributed by atoms with Gasteiger partial charge in [-0.1, -0.05) is 12.1 Å². The van der Waals surface area contributed by atoms with Crippen LogP contribution in [0.4, 0.5) is 10.1 Å². The van der Waals surface area contributed by atoms with Gasteiger partial charge in [0.2, 0.25) is 5.91 Å². The summed E-state index contributed by atoms with van der Waals surface area (Å²) in [5.74, 6) is 0.230. The molecule has 0 fully saturated rings. The fourth-order valence-corrected chi connectivity index (χ4v) is 2.43. The van der Waals surface area contributed by atoms with Gasteiger partial charge in [-0.15, -0.1) is 5.10 Å². The first-order chi connectivity index (χ1) is 12.5. The Balaban J connectivity index is 1.59. The lowest BCUT2D eigenvalue weighted by atomic mass is 10.2. The van der Waals surface area contributed by atoms with Crippen molar-refractivity contribution in [1.29, 1.82) is 0 Å². The van der Waals surface area contributed by atoms with Gasteiger partial charge in [-0.25, -0.2) is 9.07 Å². The molecule has 0 saturated carbocycles. The molecular formula is C18H16FN3O3S. The molecule has 0 aliphatic carbocycles. The van der Waals surface area contributed by atoms with Crippen molar-refractivity contribution in [2.24, 2.45) is 0 Å². The molecule has 2 aromatic carbocycles. The lowest BCUT2D eigenvalue weighted by molar-refractivity contribution is -0.117. The van der Waals surface area contributed by atoms with Gasteiger partial charge < -0.3 is 14.5 Å². The number of carbonyl (C=O) groups is 1. The zero-order valence-corrected chi connectivity index (χ0v) is 14.8. The van der Waals surface area contributed by atoms with Crippen molar-refractivity contribution in [1.82, 2.24) is 9.78 Å². The van der Waals surface area contributed by atoms with E-state index in [4.69, 9.17) is 21.4 Å². The van der Waals surface area contributed by atoms with Crippen molar-refractivity contribution in [2.45, 2.75) is 20.1 Å². The van der Waals surface area contributed by atoms with Crippen LogP contribution in [0.25, 0.3) is 0 Å². The van der Waals surface area contributed by atoms with Crippen LogP contribution in [0, 0.1) is 17.6 Å². The van der Waals surface area contributed by atoms with Crippen LogP contribution < -0.4 is 10.1 Å². The van der Waals surface area contributed by atoms with E-state index in [9.17, 15) is 9.18 Å². The minimum atomic E-state index is -0.375. The number of ether oxygens (including phenoxy) is 1. The molecule has 0 aliphatic rings. The van der Waals surface area contributed by atoms with Crippen molar-refractivity contribution in [3.8, 4) is 5.75 Å². The lowest BCUT2D eigenvalue weighted by Gasteiger charge is -2.04. The third-order valence-electron chi connectivity index (χ3n) is 3.42. The number of aryl methyl sites for hydroxylation is 1. The quantitative estimate of drug-likeness (QED) is 0.664. The molecule has 8 heteroatoms. The molecule has 0 aliphatic heterocycles. The molecule has 0 radical (unpaired) electrons. The molecule has 6 nitrogen and oxygen atoms in total. The summed E-state index contributed by atoms with van der Waals surface area (Å²) >= 11 is 5.07. The number of carbonyl (C=O) groups excluding carboxylic acids is 1. The van der Waals surface area contributed by atoms with Crippen LogP contribution in [0.15, 0.2) is 52.9 Å². The maximum atomic E-state index is 12.9. The number of amides is 1. The van der Waals surface area contributed by atoms with Gasteiger partial charge in [0, 0.05) is 5.69 Å². The highest BCUT2D eigenvalue weighted by molar-refractivity contribution is 7.71. The largest absolute Gasteiger partial charge is 0.484 e. The van der Waals surface area contributed by atoms with Crippen LogP contribution in [-0.4, -0.2) is 15.7 Å². The number of aromatic nitrogens is 2.